The second-order valence-electron chi connectivity index (χ2n) is 5.74. The number of furan rings is 1. The number of guanidine groups is 1. The number of nitrogens with zero attached hydrogens (tertiary/aromatic N) is 2. The summed E-state index contributed by atoms with van der Waals surface area (Å²) in [7, 11) is 3.81. The van der Waals surface area contributed by atoms with Crippen molar-refractivity contribution in [2.75, 3.05) is 27.2 Å². The SMILES string of the molecule is CN=C(NCC1CCOc2ccccc21)N(C)Cc1ccco1. The minimum absolute atomic E-state index is 0.439. The number of hydrogen-bond acceptors (Lipinski definition) is 3. The lowest BCUT2D eigenvalue weighted by molar-refractivity contribution is 0.266. The Bertz CT molecular complexity index is 652. The van der Waals surface area contributed by atoms with Crippen LogP contribution in [0.5, 0.6) is 5.75 Å². The van der Waals surface area contributed by atoms with Gasteiger partial charge in [-0.2, -0.15) is 0 Å². The van der Waals surface area contributed by atoms with Gasteiger partial charge in [0.25, 0.3) is 0 Å². The average molecular weight is 313 g/mol. The van der Waals surface area contributed by atoms with Crippen LogP contribution in [0.15, 0.2) is 52.1 Å². The Morgan fingerprint density at radius 3 is 2.96 bits per heavy atom. The zero-order valence-corrected chi connectivity index (χ0v) is 13.7. The van der Waals surface area contributed by atoms with Crippen LogP contribution in [0.1, 0.15) is 23.7 Å². The van der Waals surface area contributed by atoms with Gasteiger partial charge in [-0.05, 0) is 30.2 Å². The molecule has 0 amide bonds. The van der Waals surface area contributed by atoms with Crippen molar-refractivity contribution < 1.29 is 9.15 Å². The first-order valence-electron chi connectivity index (χ1n) is 7.94. The van der Waals surface area contributed by atoms with E-state index in [1.165, 1.54) is 5.56 Å². The Hall–Kier alpha value is -2.43. The molecular formula is C18H23N3O2. The first-order valence-corrected chi connectivity index (χ1v) is 7.94. The molecule has 1 aromatic heterocycles. The number of aliphatic imine (C=N–C) groups is 1. The van der Waals surface area contributed by atoms with E-state index in [4.69, 9.17) is 9.15 Å². The maximum Gasteiger partial charge on any atom is 0.193 e. The van der Waals surface area contributed by atoms with E-state index in [0.29, 0.717) is 12.5 Å². The van der Waals surface area contributed by atoms with Crippen LogP contribution < -0.4 is 10.1 Å². The summed E-state index contributed by atoms with van der Waals surface area (Å²) in [6.07, 6.45) is 2.71. The third-order valence-electron chi connectivity index (χ3n) is 4.14. The highest BCUT2D eigenvalue weighted by molar-refractivity contribution is 5.79. The average Bonchev–Trinajstić information content (AvgIpc) is 3.08. The Morgan fingerprint density at radius 2 is 2.17 bits per heavy atom. The molecule has 5 heteroatoms. The van der Waals surface area contributed by atoms with Gasteiger partial charge < -0.3 is 19.4 Å². The highest BCUT2D eigenvalue weighted by Gasteiger charge is 2.21. The van der Waals surface area contributed by atoms with Gasteiger partial charge >= 0.3 is 0 Å². The predicted molar refractivity (Wildman–Crippen MR) is 90.8 cm³/mol. The predicted octanol–water partition coefficient (Wildman–Crippen LogP) is 2.85. The second kappa shape index (κ2) is 7.22. The van der Waals surface area contributed by atoms with E-state index in [1.807, 2.05) is 31.3 Å². The Balaban J connectivity index is 1.60. The van der Waals surface area contributed by atoms with Crippen molar-refractivity contribution in [2.45, 2.75) is 18.9 Å². The number of rotatable bonds is 4. The van der Waals surface area contributed by atoms with Crippen molar-refractivity contribution in [3.05, 3.63) is 54.0 Å². The van der Waals surface area contributed by atoms with Crippen LogP contribution in [0.4, 0.5) is 0 Å². The maximum absolute atomic E-state index is 5.72. The highest BCUT2D eigenvalue weighted by Crippen LogP contribution is 2.32. The van der Waals surface area contributed by atoms with Crippen molar-refractivity contribution in [2.24, 2.45) is 4.99 Å². The summed E-state index contributed by atoms with van der Waals surface area (Å²) in [6, 6.07) is 12.1. The molecule has 2 heterocycles. The van der Waals surface area contributed by atoms with E-state index >= 15 is 0 Å². The zero-order valence-electron chi connectivity index (χ0n) is 13.7. The maximum atomic E-state index is 5.72. The molecule has 0 aliphatic carbocycles. The molecule has 1 aromatic carbocycles. The molecule has 0 spiro atoms. The standard InChI is InChI=1S/C18H23N3O2/c1-19-18(21(2)13-15-6-5-10-22-15)20-12-14-9-11-23-17-8-4-3-7-16(14)17/h3-8,10,14H,9,11-13H2,1-2H3,(H,19,20). The minimum atomic E-state index is 0.439. The number of benzene rings is 1. The summed E-state index contributed by atoms with van der Waals surface area (Å²) in [5.41, 5.74) is 1.27. The van der Waals surface area contributed by atoms with Crippen molar-refractivity contribution >= 4 is 5.96 Å². The molecule has 0 saturated heterocycles. The molecule has 122 valence electrons. The third kappa shape index (κ3) is 3.67. The molecule has 3 rings (SSSR count). The van der Waals surface area contributed by atoms with Crippen molar-refractivity contribution in [3.63, 3.8) is 0 Å². The van der Waals surface area contributed by atoms with Crippen LogP contribution in [-0.4, -0.2) is 38.1 Å². The van der Waals surface area contributed by atoms with Gasteiger partial charge in [0.1, 0.15) is 11.5 Å². The normalized spacial score (nSPS) is 17.3. The van der Waals surface area contributed by atoms with E-state index < -0.39 is 0 Å². The summed E-state index contributed by atoms with van der Waals surface area (Å²) in [5.74, 6) is 3.23. The molecule has 1 aliphatic heterocycles. The largest absolute Gasteiger partial charge is 0.493 e. The van der Waals surface area contributed by atoms with E-state index in [9.17, 15) is 0 Å². The fraction of sp³-hybridized carbons (Fsp3) is 0.389. The van der Waals surface area contributed by atoms with Crippen molar-refractivity contribution in [1.82, 2.24) is 10.2 Å². The summed E-state index contributed by atoms with van der Waals surface area (Å²) in [5, 5.41) is 3.47. The van der Waals surface area contributed by atoms with Crippen LogP contribution in [0.3, 0.4) is 0 Å². The molecule has 2 aromatic rings. The minimum Gasteiger partial charge on any atom is -0.493 e. The lowest BCUT2D eigenvalue weighted by atomic mass is 9.93. The molecule has 1 N–H and O–H groups in total. The molecular weight excluding hydrogens is 290 g/mol. The van der Waals surface area contributed by atoms with E-state index in [0.717, 1.165) is 37.0 Å². The van der Waals surface area contributed by atoms with Gasteiger partial charge in [0.2, 0.25) is 0 Å². The number of ether oxygens (including phenoxy) is 1. The van der Waals surface area contributed by atoms with Gasteiger partial charge in [-0.1, -0.05) is 18.2 Å². The van der Waals surface area contributed by atoms with Gasteiger partial charge in [0, 0.05) is 26.6 Å². The van der Waals surface area contributed by atoms with Crippen molar-refractivity contribution in [3.8, 4) is 5.75 Å². The van der Waals surface area contributed by atoms with Gasteiger partial charge in [-0.3, -0.25) is 4.99 Å². The first kappa shape index (κ1) is 15.5. The smallest absolute Gasteiger partial charge is 0.193 e. The number of fused-ring (bicyclic) bond motifs is 1. The van der Waals surface area contributed by atoms with E-state index in [2.05, 4.69) is 27.3 Å². The molecule has 1 unspecified atom stereocenters. The van der Waals surface area contributed by atoms with Crippen LogP contribution in [0.2, 0.25) is 0 Å². The fourth-order valence-electron chi connectivity index (χ4n) is 2.94. The Kier molecular flexibility index (Phi) is 4.86. The van der Waals surface area contributed by atoms with Crippen LogP contribution in [0, 0.1) is 0 Å². The van der Waals surface area contributed by atoms with Crippen LogP contribution >= 0.6 is 0 Å². The molecule has 0 fully saturated rings. The number of para-hydroxylation sites is 1. The molecule has 23 heavy (non-hydrogen) atoms. The van der Waals surface area contributed by atoms with Gasteiger partial charge in [0.05, 0.1) is 19.4 Å². The second-order valence-corrected chi connectivity index (χ2v) is 5.74. The summed E-state index contributed by atoms with van der Waals surface area (Å²) in [4.78, 5) is 6.43. The van der Waals surface area contributed by atoms with Gasteiger partial charge in [-0.25, -0.2) is 0 Å². The Labute approximate surface area is 137 Å². The molecule has 1 atom stereocenters. The molecule has 0 saturated carbocycles. The number of hydrogen-bond donors (Lipinski definition) is 1. The topological polar surface area (TPSA) is 50.0 Å². The number of nitrogens with one attached hydrogen (secondary N) is 1. The van der Waals surface area contributed by atoms with E-state index in [1.54, 1.807) is 13.3 Å². The lowest BCUT2D eigenvalue weighted by Crippen LogP contribution is -2.40. The molecule has 0 radical (unpaired) electrons. The fourth-order valence-corrected chi connectivity index (χ4v) is 2.94. The molecule has 0 bridgehead atoms. The van der Waals surface area contributed by atoms with Crippen LogP contribution in [0.25, 0.3) is 0 Å². The quantitative estimate of drug-likeness (QED) is 0.696. The monoisotopic (exact) mass is 313 g/mol. The van der Waals surface area contributed by atoms with Gasteiger partial charge in [-0.15, -0.1) is 0 Å². The third-order valence-corrected chi connectivity index (χ3v) is 4.14. The molecule has 1 aliphatic rings. The summed E-state index contributed by atoms with van der Waals surface area (Å²) in [6.45, 7) is 2.30. The first-order chi connectivity index (χ1) is 11.3. The summed E-state index contributed by atoms with van der Waals surface area (Å²) >= 11 is 0. The molecule has 5 nitrogen and oxygen atoms in total. The lowest BCUT2D eigenvalue weighted by Gasteiger charge is -2.28. The highest BCUT2D eigenvalue weighted by atomic mass is 16.5. The van der Waals surface area contributed by atoms with Gasteiger partial charge in [0.15, 0.2) is 5.96 Å². The summed E-state index contributed by atoms with van der Waals surface area (Å²) < 4.78 is 11.1. The van der Waals surface area contributed by atoms with Crippen molar-refractivity contribution in [1.29, 1.82) is 0 Å². The zero-order chi connectivity index (χ0) is 16.1. The Morgan fingerprint density at radius 1 is 1.30 bits per heavy atom. The van der Waals surface area contributed by atoms with Crippen LogP contribution in [-0.2, 0) is 6.54 Å². The van der Waals surface area contributed by atoms with E-state index in [-0.39, 0.29) is 0 Å².